The molecule has 1 unspecified atom stereocenters. The topological polar surface area (TPSA) is 39.1 Å². The van der Waals surface area contributed by atoms with Crippen molar-refractivity contribution >= 4 is 16.5 Å². The van der Waals surface area contributed by atoms with Crippen LogP contribution in [-0.4, -0.2) is 16.4 Å². The Morgan fingerprint density at radius 1 is 1.03 bits per heavy atom. The monoisotopic (exact) mass is 397 g/mol. The highest BCUT2D eigenvalue weighted by atomic mass is 16.5. The molecule has 4 aromatic rings. The van der Waals surface area contributed by atoms with E-state index in [9.17, 15) is 0 Å². The minimum atomic E-state index is -0.138. The van der Waals surface area contributed by atoms with Gasteiger partial charge in [-0.15, -0.1) is 0 Å². The number of rotatable bonds is 4. The van der Waals surface area contributed by atoms with Crippen molar-refractivity contribution in [2.45, 2.75) is 40.3 Å². The second-order valence-corrected chi connectivity index (χ2v) is 8.21. The Labute approximate surface area is 177 Å². The number of nitrogens with one attached hydrogen (secondary N) is 1. The van der Waals surface area contributed by atoms with Gasteiger partial charge in [-0.25, -0.2) is 4.68 Å². The summed E-state index contributed by atoms with van der Waals surface area (Å²) in [6, 6.07) is 19.4. The van der Waals surface area contributed by atoms with Gasteiger partial charge in [-0.2, -0.15) is 5.10 Å². The molecule has 0 aliphatic carbocycles. The number of aromatic nitrogens is 2. The summed E-state index contributed by atoms with van der Waals surface area (Å²) in [5, 5.41) is 11.1. The molecular weight excluding hydrogens is 370 g/mol. The third-order valence-corrected chi connectivity index (χ3v) is 5.81. The molecular formula is C26H27N3O. The van der Waals surface area contributed by atoms with Crippen LogP contribution in [0, 0.1) is 20.8 Å². The maximum absolute atomic E-state index is 6.23. The Morgan fingerprint density at radius 2 is 1.87 bits per heavy atom. The molecule has 0 fully saturated rings. The first-order valence-electron chi connectivity index (χ1n) is 10.7. The average molecular weight is 398 g/mol. The van der Waals surface area contributed by atoms with Crippen molar-refractivity contribution in [1.29, 1.82) is 0 Å². The van der Waals surface area contributed by atoms with Crippen molar-refractivity contribution in [3.8, 4) is 17.0 Å². The lowest BCUT2D eigenvalue weighted by atomic mass is 9.95. The van der Waals surface area contributed by atoms with E-state index >= 15 is 0 Å². The summed E-state index contributed by atoms with van der Waals surface area (Å²) < 4.78 is 8.35. The summed E-state index contributed by atoms with van der Waals surface area (Å²) in [5.41, 5.74) is 8.18. The predicted octanol–water partition coefficient (Wildman–Crippen LogP) is 6.39. The number of hydrogen-bond donors (Lipinski definition) is 1. The zero-order valence-electron chi connectivity index (χ0n) is 18.0. The van der Waals surface area contributed by atoms with Crippen LogP contribution >= 0.6 is 0 Å². The van der Waals surface area contributed by atoms with Gasteiger partial charge in [0.05, 0.1) is 18.0 Å². The number of nitrogens with zero attached hydrogens (tertiary/aromatic N) is 2. The second-order valence-electron chi connectivity index (χ2n) is 8.21. The molecule has 0 spiro atoms. The standard InChI is InChI=1S/C26H27N3O/c1-5-12-30-23-11-10-19-8-6-7-9-20(19)24(23)26-27-25-17(3)13-16(2)14-21(25)22-15-18(4)28-29(22)26/h6-11,13-15,26-27H,5,12H2,1-4H3. The molecule has 30 heavy (non-hydrogen) atoms. The van der Waals surface area contributed by atoms with Gasteiger partial charge in [0.1, 0.15) is 5.75 Å². The number of hydrogen-bond acceptors (Lipinski definition) is 3. The van der Waals surface area contributed by atoms with Crippen molar-refractivity contribution in [1.82, 2.24) is 9.78 Å². The van der Waals surface area contributed by atoms with Crippen LogP contribution in [0.3, 0.4) is 0 Å². The molecule has 2 heterocycles. The lowest BCUT2D eigenvalue weighted by Gasteiger charge is -2.32. The van der Waals surface area contributed by atoms with Crippen LogP contribution < -0.4 is 10.1 Å². The van der Waals surface area contributed by atoms with Gasteiger partial charge < -0.3 is 10.1 Å². The van der Waals surface area contributed by atoms with E-state index in [2.05, 4.69) is 92.3 Å². The predicted molar refractivity (Wildman–Crippen MR) is 123 cm³/mol. The highest BCUT2D eigenvalue weighted by molar-refractivity contribution is 5.90. The molecule has 0 saturated carbocycles. The zero-order valence-corrected chi connectivity index (χ0v) is 18.0. The summed E-state index contributed by atoms with van der Waals surface area (Å²) in [5.74, 6) is 0.917. The van der Waals surface area contributed by atoms with E-state index < -0.39 is 0 Å². The Balaban J connectivity index is 1.78. The minimum Gasteiger partial charge on any atom is -0.493 e. The van der Waals surface area contributed by atoms with Gasteiger partial charge in [-0.05, 0) is 61.7 Å². The van der Waals surface area contributed by atoms with E-state index in [1.54, 1.807) is 0 Å². The van der Waals surface area contributed by atoms with Gasteiger partial charge in [0.2, 0.25) is 0 Å². The van der Waals surface area contributed by atoms with Gasteiger partial charge in [-0.1, -0.05) is 48.9 Å². The van der Waals surface area contributed by atoms with Crippen LogP contribution in [0.4, 0.5) is 5.69 Å². The maximum atomic E-state index is 6.23. The third-order valence-electron chi connectivity index (χ3n) is 5.81. The highest BCUT2D eigenvalue weighted by Crippen LogP contribution is 2.44. The van der Waals surface area contributed by atoms with Crippen molar-refractivity contribution in [2.24, 2.45) is 0 Å². The van der Waals surface area contributed by atoms with Crippen LogP contribution in [0.5, 0.6) is 5.75 Å². The third kappa shape index (κ3) is 2.95. The minimum absolute atomic E-state index is 0.138. The lowest BCUT2D eigenvalue weighted by molar-refractivity contribution is 0.311. The Bertz CT molecular complexity index is 1250. The van der Waals surface area contributed by atoms with Crippen molar-refractivity contribution in [2.75, 3.05) is 11.9 Å². The number of anilines is 1. The van der Waals surface area contributed by atoms with Gasteiger partial charge >= 0.3 is 0 Å². The fraction of sp³-hybridized carbons (Fsp3) is 0.269. The summed E-state index contributed by atoms with van der Waals surface area (Å²) in [7, 11) is 0. The fourth-order valence-corrected chi connectivity index (χ4v) is 4.56. The SMILES string of the molecule is CCCOc1ccc2ccccc2c1C1Nc2c(C)cc(C)cc2-c2cc(C)nn21. The van der Waals surface area contributed by atoms with Crippen molar-refractivity contribution in [3.05, 3.63) is 77.0 Å². The van der Waals surface area contributed by atoms with Crippen LogP contribution in [0.2, 0.25) is 0 Å². The first kappa shape index (κ1) is 18.7. The molecule has 0 bridgehead atoms. The molecule has 0 amide bonds. The fourth-order valence-electron chi connectivity index (χ4n) is 4.56. The highest BCUT2D eigenvalue weighted by Gasteiger charge is 2.31. The maximum Gasteiger partial charge on any atom is 0.151 e. The lowest BCUT2D eigenvalue weighted by Crippen LogP contribution is -2.27. The van der Waals surface area contributed by atoms with Crippen LogP contribution in [0.25, 0.3) is 22.0 Å². The molecule has 5 rings (SSSR count). The number of aryl methyl sites for hydroxylation is 3. The first-order chi connectivity index (χ1) is 14.6. The summed E-state index contributed by atoms with van der Waals surface area (Å²) in [6.45, 7) is 9.21. The van der Waals surface area contributed by atoms with E-state index in [0.29, 0.717) is 6.61 Å². The van der Waals surface area contributed by atoms with Gasteiger partial charge in [0.25, 0.3) is 0 Å². The Kier molecular flexibility index (Phi) is 4.50. The number of benzene rings is 3. The molecule has 1 aliphatic heterocycles. The molecule has 152 valence electrons. The second kappa shape index (κ2) is 7.21. The molecule has 3 aromatic carbocycles. The molecule has 1 aliphatic rings. The van der Waals surface area contributed by atoms with Crippen molar-refractivity contribution < 1.29 is 4.74 Å². The van der Waals surface area contributed by atoms with Crippen LogP contribution in [0.15, 0.2) is 54.6 Å². The smallest absolute Gasteiger partial charge is 0.151 e. The zero-order chi connectivity index (χ0) is 20.8. The Hall–Kier alpha value is -3.27. The molecule has 1 aromatic heterocycles. The summed E-state index contributed by atoms with van der Waals surface area (Å²) in [6.07, 6.45) is 0.832. The van der Waals surface area contributed by atoms with Gasteiger partial charge in [0.15, 0.2) is 6.17 Å². The molecule has 1 atom stereocenters. The van der Waals surface area contributed by atoms with Crippen LogP contribution in [-0.2, 0) is 0 Å². The number of ether oxygens (including phenoxy) is 1. The van der Waals surface area contributed by atoms with E-state index in [-0.39, 0.29) is 6.17 Å². The van der Waals surface area contributed by atoms with E-state index in [0.717, 1.165) is 29.1 Å². The molecule has 0 saturated heterocycles. The largest absolute Gasteiger partial charge is 0.493 e. The molecule has 4 nitrogen and oxygen atoms in total. The summed E-state index contributed by atoms with van der Waals surface area (Å²) in [4.78, 5) is 0. The average Bonchev–Trinajstić information content (AvgIpc) is 3.13. The van der Waals surface area contributed by atoms with Gasteiger partial charge in [0, 0.05) is 16.8 Å². The van der Waals surface area contributed by atoms with E-state index in [1.807, 2.05) is 0 Å². The molecule has 0 radical (unpaired) electrons. The van der Waals surface area contributed by atoms with Gasteiger partial charge in [-0.3, -0.25) is 0 Å². The Morgan fingerprint density at radius 3 is 2.70 bits per heavy atom. The summed E-state index contributed by atoms with van der Waals surface area (Å²) >= 11 is 0. The molecule has 1 N–H and O–H groups in total. The van der Waals surface area contributed by atoms with E-state index in [1.165, 1.54) is 33.2 Å². The van der Waals surface area contributed by atoms with Crippen molar-refractivity contribution in [3.63, 3.8) is 0 Å². The quantitative estimate of drug-likeness (QED) is 0.434. The van der Waals surface area contributed by atoms with E-state index in [4.69, 9.17) is 9.84 Å². The molecule has 4 heteroatoms. The number of fused-ring (bicyclic) bond motifs is 4. The normalized spacial score (nSPS) is 14.9. The first-order valence-corrected chi connectivity index (χ1v) is 10.7. The van der Waals surface area contributed by atoms with Crippen LogP contribution in [0.1, 0.15) is 41.9 Å².